The summed E-state index contributed by atoms with van der Waals surface area (Å²) in [6, 6.07) is 4.27. The molecular weight excluding hydrogens is 292 g/mol. The number of amides is 1. The Balaban J connectivity index is 2.05. The Labute approximate surface area is 129 Å². The number of benzene rings is 1. The van der Waals surface area contributed by atoms with E-state index in [1.807, 2.05) is 12.1 Å². The molecule has 0 saturated heterocycles. The zero-order valence-electron chi connectivity index (χ0n) is 12.2. The topological polar surface area (TPSA) is 73.6 Å². The molecular formula is C15H21ClN2O3. The maximum Gasteiger partial charge on any atom is 0.255 e. The lowest BCUT2D eigenvalue weighted by Crippen LogP contribution is -2.25. The van der Waals surface area contributed by atoms with Gasteiger partial charge in [-0.15, -0.1) is 0 Å². The van der Waals surface area contributed by atoms with Gasteiger partial charge in [-0.25, -0.2) is 0 Å². The molecule has 1 aromatic carbocycles. The van der Waals surface area contributed by atoms with Crippen molar-refractivity contribution in [1.82, 2.24) is 5.32 Å². The first-order chi connectivity index (χ1) is 10.1. The lowest BCUT2D eigenvalue weighted by Gasteiger charge is -2.15. The van der Waals surface area contributed by atoms with Crippen LogP contribution in [0.3, 0.4) is 0 Å². The number of nitrogens with two attached hydrogens (primary N) is 1. The maximum atomic E-state index is 10.8. The second-order valence-corrected chi connectivity index (χ2v) is 5.63. The van der Waals surface area contributed by atoms with Crippen molar-refractivity contribution in [2.24, 2.45) is 5.73 Å². The number of methoxy groups -OCH3 is 1. The summed E-state index contributed by atoms with van der Waals surface area (Å²) in [5.41, 5.74) is 6.09. The van der Waals surface area contributed by atoms with Crippen molar-refractivity contribution in [2.75, 3.05) is 13.7 Å². The number of carbonyl (C=O) groups excluding carboxylic acids is 1. The SMILES string of the molecule is COc1cc(CNC2CCCC2)cc(Cl)c1OCC(N)=O. The van der Waals surface area contributed by atoms with Gasteiger partial charge in [0.15, 0.2) is 18.1 Å². The molecule has 6 heteroatoms. The molecule has 1 fully saturated rings. The zero-order chi connectivity index (χ0) is 15.2. The van der Waals surface area contributed by atoms with Crippen LogP contribution in [0.15, 0.2) is 12.1 Å². The molecule has 1 aromatic rings. The molecule has 0 bridgehead atoms. The number of hydrogen-bond donors (Lipinski definition) is 2. The van der Waals surface area contributed by atoms with Gasteiger partial charge >= 0.3 is 0 Å². The normalized spacial score (nSPS) is 15.1. The number of halogens is 1. The van der Waals surface area contributed by atoms with E-state index in [0.29, 0.717) is 22.6 Å². The smallest absolute Gasteiger partial charge is 0.255 e. The first-order valence-electron chi connectivity index (χ1n) is 7.11. The van der Waals surface area contributed by atoms with Crippen molar-refractivity contribution in [2.45, 2.75) is 38.3 Å². The number of nitrogens with one attached hydrogen (secondary N) is 1. The molecule has 5 nitrogen and oxygen atoms in total. The van der Waals surface area contributed by atoms with Crippen LogP contribution < -0.4 is 20.5 Å². The summed E-state index contributed by atoms with van der Waals surface area (Å²) >= 11 is 6.21. The Morgan fingerprint density at radius 3 is 2.76 bits per heavy atom. The quantitative estimate of drug-likeness (QED) is 0.810. The molecule has 0 radical (unpaired) electrons. The molecule has 21 heavy (non-hydrogen) atoms. The summed E-state index contributed by atoms with van der Waals surface area (Å²) < 4.78 is 10.6. The van der Waals surface area contributed by atoms with Crippen LogP contribution in [0.2, 0.25) is 5.02 Å². The van der Waals surface area contributed by atoms with Gasteiger partial charge in [0.05, 0.1) is 12.1 Å². The fourth-order valence-electron chi connectivity index (χ4n) is 2.55. The average Bonchev–Trinajstić information content (AvgIpc) is 2.96. The minimum Gasteiger partial charge on any atom is -0.493 e. The Morgan fingerprint density at radius 1 is 1.43 bits per heavy atom. The molecule has 1 aliphatic carbocycles. The van der Waals surface area contributed by atoms with E-state index in [2.05, 4.69) is 5.32 Å². The van der Waals surface area contributed by atoms with Gasteiger partial charge in [0, 0.05) is 12.6 Å². The molecule has 0 atom stereocenters. The third kappa shape index (κ3) is 4.51. The standard InChI is InChI=1S/C15H21ClN2O3/c1-20-13-7-10(8-18-11-4-2-3-5-11)6-12(16)15(13)21-9-14(17)19/h6-7,11,18H,2-5,8-9H2,1H3,(H2,17,19). The number of hydrogen-bond acceptors (Lipinski definition) is 4. The molecule has 1 saturated carbocycles. The van der Waals surface area contributed by atoms with Crippen molar-refractivity contribution in [3.63, 3.8) is 0 Å². The summed E-state index contributed by atoms with van der Waals surface area (Å²) in [7, 11) is 1.54. The van der Waals surface area contributed by atoms with Gasteiger partial charge in [-0.1, -0.05) is 24.4 Å². The third-order valence-electron chi connectivity index (χ3n) is 3.60. The molecule has 0 aliphatic heterocycles. The Hall–Kier alpha value is -1.46. The first kappa shape index (κ1) is 15.9. The minimum absolute atomic E-state index is 0.226. The summed E-state index contributed by atoms with van der Waals surface area (Å²) in [5.74, 6) is 0.301. The molecule has 116 valence electrons. The van der Waals surface area contributed by atoms with Crippen LogP contribution in [0.25, 0.3) is 0 Å². The molecule has 1 aliphatic rings. The van der Waals surface area contributed by atoms with Crippen LogP contribution in [0.4, 0.5) is 0 Å². The lowest BCUT2D eigenvalue weighted by atomic mass is 10.1. The Kier molecular flexibility index (Phi) is 5.70. The number of ether oxygens (including phenoxy) is 2. The highest BCUT2D eigenvalue weighted by Crippen LogP contribution is 2.36. The molecule has 1 amide bonds. The van der Waals surface area contributed by atoms with E-state index in [-0.39, 0.29) is 6.61 Å². The van der Waals surface area contributed by atoms with Gasteiger partial charge in [0.2, 0.25) is 0 Å². The van der Waals surface area contributed by atoms with Crippen molar-refractivity contribution in [3.05, 3.63) is 22.7 Å². The van der Waals surface area contributed by atoms with E-state index in [4.69, 9.17) is 26.8 Å². The Bertz CT molecular complexity index is 502. The highest BCUT2D eigenvalue weighted by molar-refractivity contribution is 6.32. The van der Waals surface area contributed by atoms with Crippen LogP contribution in [0, 0.1) is 0 Å². The highest BCUT2D eigenvalue weighted by atomic mass is 35.5. The summed E-state index contributed by atoms with van der Waals surface area (Å²) in [6.45, 7) is 0.507. The maximum absolute atomic E-state index is 10.8. The highest BCUT2D eigenvalue weighted by Gasteiger charge is 2.16. The molecule has 0 unspecified atom stereocenters. The second-order valence-electron chi connectivity index (χ2n) is 5.23. The van der Waals surface area contributed by atoms with Crippen molar-refractivity contribution in [3.8, 4) is 11.5 Å². The van der Waals surface area contributed by atoms with E-state index in [1.54, 1.807) is 0 Å². The predicted octanol–water partition coefficient (Wildman–Crippen LogP) is 2.24. The summed E-state index contributed by atoms with van der Waals surface area (Å²) in [6.07, 6.45) is 5.04. The van der Waals surface area contributed by atoms with E-state index >= 15 is 0 Å². The predicted molar refractivity (Wildman–Crippen MR) is 81.8 cm³/mol. The van der Waals surface area contributed by atoms with Gasteiger partial charge in [-0.05, 0) is 30.5 Å². The minimum atomic E-state index is -0.555. The van der Waals surface area contributed by atoms with Crippen molar-refractivity contribution >= 4 is 17.5 Å². The molecule has 0 heterocycles. The lowest BCUT2D eigenvalue weighted by molar-refractivity contribution is -0.119. The monoisotopic (exact) mass is 312 g/mol. The number of rotatable bonds is 7. The van der Waals surface area contributed by atoms with E-state index < -0.39 is 5.91 Å². The van der Waals surface area contributed by atoms with Gasteiger partial charge in [-0.3, -0.25) is 4.79 Å². The van der Waals surface area contributed by atoms with Gasteiger partial charge in [0.1, 0.15) is 0 Å². The van der Waals surface area contributed by atoms with Crippen molar-refractivity contribution in [1.29, 1.82) is 0 Å². The van der Waals surface area contributed by atoms with E-state index in [1.165, 1.54) is 32.8 Å². The Morgan fingerprint density at radius 2 is 2.14 bits per heavy atom. The van der Waals surface area contributed by atoms with Gasteiger partial charge in [0.25, 0.3) is 5.91 Å². The van der Waals surface area contributed by atoms with Gasteiger partial charge < -0.3 is 20.5 Å². The van der Waals surface area contributed by atoms with Crippen LogP contribution in [-0.2, 0) is 11.3 Å². The van der Waals surface area contributed by atoms with Crippen molar-refractivity contribution < 1.29 is 14.3 Å². The van der Waals surface area contributed by atoms with E-state index in [0.717, 1.165) is 12.1 Å². The average molecular weight is 313 g/mol. The van der Waals surface area contributed by atoms with Crippen LogP contribution >= 0.6 is 11.6 Å². The van der Waals surface area contributed by atoms with Crippen LogP contribution in [-0.4, -0.2) is 25.7 Å². The molecule has 0 spiro atoms. The van der Waals surface area contributed by atoms with Crippen LogP contribution in [0.1, 0.15) is 31.2 Å². The van der Waals surface area contributed by atoms with Crippen LogP contribution in [0.5, 0.6) is 11.5 Å². The fourth-order valence-corrected chi connectivity index (χ4v) is 2.84. The zero-order valence-corrected chi connectivity index (χ0v) is 12.9. The van der Waals surface area contributed by atoms with E-state index in [9.17, 15) is 4.79 Å². The van der Waals surface area contributed by atoms with Gasteiger partial charge in [-0.2, -0.15) is 0 Å². The summed E-state index contributed by atoms with van der Waals surface area (Å²) in [5, 5.41) is 3.93. The fraction of sp³-hybridized carbons (Fsp3) is 0.533. The summed E-state index contributed by atoms with van der Waals surface area (Å²) in [4.78, 5) is 10.8. The molecule has 2 rings (SSSR count). The molecule has 0 aromatic heterocycles. The largest absolute Gasteiger partial charge is 0.493 e. The number of carbonyl (C=O) groups is 1. The second kappa shape index (κ2) is 7.52. The first-order valence-corrected chi connectivity index (χ1v) is 7.49. The molecule has 3 N–H and O–H groups in total. The number of primary amides is 1. The third-order valence-corrected chi connectivity index (χ3v) is 3.88.